The van der Waals surface area contributed by atoms with Crippen LogP contribution in [0.15, 0.2) is 11.8 Å². The van der Waals surface area contributed by atoms with E-state index in [0.717, 1.165) is 19.4 Å². The van der Waals surface area contributed by atoms with Crippen LogP contribution in [-0.4, -0.2) is 40.6 Å². The lowest BCUT2D eigenvalue weighted by Crippen LogP contribution is -2.32. The van der Waals surface area contributed by atoms with Gasteiger partial charge in [0.1, 0.15) is 0 Å². The maximum atomic E-state index is 11.9. The van der Waals surface area contributed by atoms with Gasteiger partial charge in [0, 0.05) is 18.0 Å². The number of amides is 1. The van der Waals surface area contributed by atoms with Crippen molar-refractivity contribution in [3.63, 3.8) is 0 Å². The molecule has 4 heteroatoms. The van der Waals surface area contributed by atoms with Crippen molar-refractivity contribution in [2.45, 2.75) is 32.6 Å². The molecule has 0 heterocycles. The molecule has 0 atom stereocenters. The molecule has 0 fully saturated rings. The molecule has 1 N–H and O–H groups in total. The van der Waals surface area contributed by atoms with E-state index in [4.69, 9.17) is 5.11 Å². The first-order valence-electron chi connectivity index (χ1n) is 5.97. The summed E-state index contributed by atoms with van der Waals surface area (Å²) in [4.78, 5) is 13.8. The molecule has 0 radical (unpaired) electrons. The lowest BCUT2D eigenvalue weighted by atomic mass is 10.0. The Hall–Kier alpha value is -0.480. The molecule has 0 bridgehead atoms. The molecule has 1 rings (SSSR count). The summed E-state index contributed by atoms with van der Waals surface area (Å²) < 4.78 is 0. The third kappa shape index (κ3) is 4.18. The molecule has 92 valence electrons. The second kappa shape index (κ2) is 7.74. The predicted octanol–water partition coefficient (Wildman–Crippen LogP) is 2.02. The minimum atomic E-state index is 0.146. The van der Waals surface area contributed by atoms with E-state index in [1.807, 2.05) is 11.8 Å². The molecule has 16 heavy (non-hydrogen) atoms. The molecule has 0 spiro atoms. The molecule has 0 aromatic heterocycles. The van der Waals surface area contributed by atoms with Gasteiger partial charge in [-0.2, -0.15) is 0 Å². The van der Waals surface area contributed by atoms with Crippen LogP contribution in [0.3, 0.4) is 0 Å². The van der Waals surface area contributed by atoms with Gasteiger partial charge in [0.05, 0.1) is 12.4 Å². The standard InChI is InChI=1S/C12H21NO2S/c1-2-13(11-6-4-3-5-7-11)12(15)10-16-9-8-14/h6,14H,2-5,7-10H2,1H3. The molecule has 0 unspecified atom stereocenters. The van der Waals surface area contributed by atoms with Gasteiger partial charge in [-0.05, 0) is 32.6 Å². The molecule has 1 amide bonds. The van der Waals surface area contributed by atoms with Crippen molar-refractivity contribution in [1.82, 2.24) is 4.90 Å². The molecule has 0 aromatic carbocycles. The second-order valence-electron chi connectivity index (χ2n) is 3.86. The predicted molar refractivity (Wildman–Crippen MR) is 68.3 cm³/mol. The Labute approximate surface area is 102 Å². The molecule has 1 aliphatic carbocycles. The molecule has 0 saturated carbocycles. The van der Waals surface area contributed by atoms with Crippen LogP contribution in [0.5, 0.6) is 0 Å². The van der Waals surface area contributed by atoms with Crippen LogP contribution >= 0.6 is 11.8 Å². The molecule has 0 saturated heterocycles. The number of hydrogen-bond acceptors (Lipinski definition) is 3. The first kappa shape index (κ1) is 13.6. The quantitative estimate of drug-likeness (QED) is 0.726. The molecule has 1 aliphatic rings. The van der Waals surface area contributed by atoms with Crippen LogP contribution in [0.4, 0.5) is 0 Å². The summed E-state index contributed by atoms with van der Waals surface area (Å²) in [6.07, 6.45) is 6.77. The van der Waals surface area contributed by atoms with Crippen molar-refractivity contribution in [2.75, 3.05) is 24.7 Å². The zero-order valence-electron chi connectivity index (χ0n) is 9.95. The van der Waals surface area contributed by atoms with E-state index in [2.05, 4.69) is 6.08 Å². The second-order valence-corrected chi connectivity index (χ2v) is 4.96. The molecular weight excluding hydrogens is 222 g/mol. The number of allylic oxidation sites excluding steroid dienone is 2. The van der Waals surface area contributed by atoms with Gasteiger partial charge in [-0.25, -0.2) is 0 Å². The third-order valence-electron chi connectivity index (χ3n) is 2.69. The van der Waals surface area contributed by atoms with E-state index in [1.54, 1.807) is 0 Å². The van der Waals surface area contributed by atoms with E-state index in [-0.39, 0.29) is 12.5 Å². The van der Waals surface area contributed by atoms with E-state index < -0.39 is 0 Å². The lowest BCUT2D eigenvalue weighted by Gasteiger charge is -2.26. The highest BCUT2D eigenvalue weighted by Gasteiger charge is 2.17. The van der Waals surface area contributed by atoms with Crippen molar-refractivity contribution in [3.05, 3.63) is 11.8 Å². The third-order valence-corrected chi connectivity index (χ3v) is 3.61. The highest BCUT2D eigenvalue weighted by Crippen LogP contribution is 2.21. The first-order valence-corrected chi connectivity index (χ1v) is 7.13. The van der Waals surface area contributed by atoms with Crippen molar-refractivity contribution in [3.8, 4) is 0 Å². The summed E-state index contributed by atoms with van der Waals surface area (Å²) in [6.45, 7) is 2.92. The van der Waals surface area contributed by atoms with E-state index in [1.165, 1.54) is 30.3 Å². The van der Waals surface area contributed by atoms with Crippen LogP contribution in [0, 0.1) is 0 Å². The van der Waals surface area contributed by atoms with Crippen molar-refractivity contribution in [1.29, 1.82) is 0 Å². The van der Waals surface area contributed by atoms with Gasteiger partial charge in [-0.1, -0.05) is 6.08 Å². The minimum Gasteiger partial charge on any atom is -0.396 e. The number of aliphatic hydroxyl groups is 1. The van der Waals surface area contributed by atoms with Crippen LogP contribution in [0.2, 0.25) is 0 Å². The topological polar surface area (TPSA) is 40.5 Å². The molecule has 0 aliphatic heterocycles. The van der Waals surface area contributed by atoms with Gasteiger partial charge in [0.25, 0.3) is 0 Å². The first-order chi connectivity index (χ1) is 7.79. The number of aliphatic hydroxyl groups excluding tert-OH is 1. The average molecular weight is 243 g/mol. The highest BCUT2D eigenvalue weighted by atomic mass is 32.2. The summed E-state index contributed by atoms with van der Waals surface area (Å²) in [5, 5.41) is 8.67. The molecular formula is C12H21NO2S. The summed E-state index contributed by atoms with van der Waals surface area (Å²) in [7, 11) is 0. The monoisotopic (exact) mass is 243 g/mol. The fourth-order valence-corrected chi connectivity index (χ4v) is 2.51. The fraction of sp³-hybridized carbons (Fsp3) is 0.750. The Morgan fingerprint density at radius 2 is 2.38 bits per heavy atom. The Bertz CT molecular complexity index is 253. The summed E-state index contributed by atoms with van der Waals surface area (Å²) in [6, 6.07) is 0. The van der Waals surface area contributed by atoms with Gasteiger partial charge in [0.15, 0.2) is 0 Å². The summed E-state index contributed by atoms with van der Waals surface area (Å²) in [5.74, 6) is 1.29. The van der Waals surface area contributed by atoms with E-state index in [9.17, 15) is 4.79 Å². The van der Waals surface area contributed by atoms with E-state index in [0.29, 0.717) is 11.5 Å². The Balaban J connectivity index is 2.45. The van der Waals surface area contributed by atoms with Crippen LogP contribution in [0.1, 0.15) is 32.6 Å². The van der Waals surface area contributed by atoms with Crippen LogP contribution in [-0.2, 0) is 4.79 Å². The summed E-state index contributed by atoms with van der Waals surface area (Å²) >= 11 is 1.50. The number of hydrogen-bond donors (Lipinski definition) is 1. The largest absolute Gasteiger partial charge is 0.396 e. The molecule has 3 nitrogen and oxygen atoms in total. The number of thioether (sulfide) groups is 1. The molecule has 0 aromatic rings. The smallest absolute Gasteiger partial charge is 0.236 e. The fourth-order valence-electron chi connectivity index (χ4n) is 1.91. The Morgan fingerprint density at radius 3 is 2.94 bits per heavy atom. The van der Waals surface area contributed by atoms with Gasteiger partial charge >= 0.3 is 0 Å². The van der Waals surface area contributed by atoms with Crippen molar-refractivity contribution in [2.24, 2.45) is 0 Å². The SMILES string of the molecule is CCN(C(=O)CSCCO)C1=CCCCC1. The van der Waals surface area contributed by atoms with Gasteiger partial charge in [-0.3, -0.25) is 4.79 Å². The number of carbonyl (C=O) groups excluding carboxylic acids is 1. The number of carbonyl (C=O) groups is 1. The van der Waals surface area contributed by atoms with Gasteiger partial charge in [-0.15, -0.1) is 11.8 Å². The zero-order chi connectivity index (χ0) is 11.8. The minimum absolute atomic E-state index is 0.146. The Kier molecular flexibility index (Phi) is 6.57. The summed E-state index contributed by atoms with van der Waals surface area (Å²) in [5.41, 5.74) is 1.20. The van der Waals surface area contributed by atoms with Gasteiger partial charge < -0.3 is 10.0 Å². The van der Waals surface area contributed by atoms with E-state index >= 15 is 0 Å². The normalized spacial score (nSPS) is 15.8. The number of nitrogens with zero attached hydrogens (tertiary/aromatic N) is 1. The van der Waals surface area contributed by atoms with Crippen molar-refractivity contribution < 1.29 is 9.90 Å². The average Bonchev–Trinajstić information content (AvgIpc) is 2.32. The zero-order valence-corrected chi connectivity index (χ0v) is 10.8. The maximum absolute atomic E-state index is 11.9. The van der Waals surface area contributed by atoms with Gasteiger partial charge in [0.2, 0.25) is 5.91 Å². The number of rotatable bonds is 6. The lowest BCUT2D eigenvalue weighted by molar-refractivity contribution is -0.126. The highest BCUT2D eigenvalue weighted by molar-refractivity contribution is 7.99. The Morgan fingerprint density at radius 1 is 1.56 bits per heavy atom. The van der Waals surface area contributed by atoms with Crippen molar-refractivity contribution >= 4 is 17.7 Å². The van der Waals surface area contributed by atoms with Crippen LogP contribution in [0.25, 0.3) is 0 Å². The van der Waals surface area contributed by atoms with Crippen LogP contribution < -0.4 is 0 Å². The maximum Gasteiger partial charge on any atom is 0.236 e.